The molecule has 2 aromatic rings. The van der Waals surface area contributed by atoms with Gasteiger partial charge in [0.05, 0.1) is 11.4 Å². The summed E-state index contributed by atoms with van der Waals surface area (Å²) in [5, 5.41) is 3.29. The molecule has 0 fully saturated rings. The maximum absolute atomic E-state index is 5.77. The van der Waals surface area contributed by atoms with Gasteiger partial charge in [-0.3, -0.25) is 0 Å². The van der Waals surface area contributed by atoms with Gasteiger partial charge in [-0.2, -0.15) is 0 Å². The maximum Gasteiger partial charge on any atom is 0.152 e. The van der Waals surface area contributed by atoms with E-state index in [-0.39, 0.29) is 0 Å². The summed E-state index contributed by atoms with van der Waals surface area (Å²) in [5.41, 5.74) is 2.59. The van der Waals surface area contributed by atoms with E-state index >= 15 is 0 Å². The van der Waals surface area contributed by atoms with Gasteiger partial charge in [-0.25, -0.2) is 0 Å². The summed E-state index contributed by atoms with van der Waals surface area (Å²) in [4.78, 5) is 0. The lowest BCUT2D eigenvalue weighted by Gasteiger charge is -2.22. The van der Waals surface area contributed by atoms with Gasteiger partial charge in [-0.15, -0.1) is 0 Å². The Morgan fingerprint density at radius 3 is 2.50 bits per heavy atom. The Bertz CT molecular complexity index is 521. The summed E-state index contributed by atoms with van der Waals surface area (Å²) >= 11 is 3.41. The lowest BCUT2D eigenvalue weighted by molar-refractivity contribution is 0.481. The number of benzene rings is 2. The Morgan fingerprint density at radius 2 is 1.69 bits per heavy atom. The molecule has 0 amide bonds. The number of anilines is 2. The van der Waals surface area contributed by atoms with Crippen LogP contribution in [-0.4, -0.2) is 7.85 Å². The van der Waals surface area contributed by atoms with Crippen molar-refractivity contribution in [2.75, 3.05) is 5.32 Å². The second kappa shape index (κ2) is 3.56. The van der Waals surface area contributed by atoms with Crippen LogP contribution in [0.2, 0.25) is 0 Å². The smallest absolute Gasteiger partial charge is 0.152 e. The molecule has 0 unspecified atom stereocenters. The fraction of sp³-hybridized carbons (Fsp3) is 0. The second-order valence-electron chi connectivity index (χ2n) is 3.62. The van der Waals surface area contributed by atoms with Crippen LogP contribution in [0.4, 0.5) is 11.4 Å². The number of hydrogen-bond acceptors (Lipinski definition) is 2. The lowest BCUT2D eigenvalue weighted by Crippen LogP contribution is -2.08. The molecule has 0 saturated heterocycles. The Balaban J connectivity index is 2.10. The molecule has 76 valence electrons. The average molecular weight is 272 g/mol. The van der Waals surface area contributed by atoms with Crippen LogP contribution in [0.5, 0.6) is 11.5 Å². The Hall–Kier alpha value is -1.42. The first-order chi connectivity index (χ1) is 7.72. The minimum atomic E-state index is 0.694. The molecular weight excluding hydrogens is 265 g/mol. The molecule has 4 heteroatoms. The highest BCUT2D eigenvalue weighted by Crippen LogP contribution is 2.42. The third-order valence-electron chi connectivity index (χ3n) is 2.44. The van der Waals surface area contributed by atoms with Crippen LogP contribution in [0.25, 0.3) is 0 Å². The number of halogens is 1. The number of nitrogens with one attached hydrogen (secondary N) is 1. The topological polar surface area (TPSA) is 21.3 Å². The molecule has 2 nitrogen and oxygen atoms in total. The van der Waals surface area contributed by atoms with Crippen LogP contribution in [0.1, 0.15) is 0 Å². The average Bonchev–Trinajstić information content (AvgIpc) is 2.26. The van der Waals surface area contributed by atoms with E-state index in [1.54, 1.807) is 0 Å². The van der Waals surface area contributed by atoms with Gasteiger partial charge in [0.25, 0.3) is 0 Å². The first kappa shape index (κ1) is 9.79. The quantitative estimate of drug-likeness (QED) is 0.635. The van der Waals surface area contributed by atoms with Gasteiger partial charge in [-0.1, -0.05) is 27.5 Å². The molecule has 3 rings (SSSR count). The van der Waals surface area contributed by atoms with Gasteiger partial charge in [0, 0.05) is 4.47 Å². The zero-order valence-corrected chi connectivity index (χ0v) is 9.91. The molecule has 1 aliphatic rings. The normalized spacial score (nSPS) is 12.1. The maximum atomic E-state index is 5.77. The number of rotatable bonds is 0. The third kappa shape index (κ3) is 1.59. The summed E-state index contributed by atoms with van der Waals surface area (Å²) in [6.45, 7) is 0. The molecule has 0 aromatic heterocycles. The molecule has 2 aromatic carbocycles. The lowest BCUT2D eigenvalue weighted by atomic mass is 9.95. The first-order valence-electron chi connectivity index (χ1n) is 4.86. The van der Waals surface area contributed by atoms with Crippen LogP contribution in [0.15, 0.2) is 40.9 Å². The van der Waals surface area contributed by atoms with Crippen molar-refractivity contribution in [3.05, 3.63) is 40.9 Å². The van der Waals surface area contributed by atoms with E-state index in [0.717, 1.165) is 27.3 Å². The van der Waals surface area contributed by atoms with Gasteiger partial charge >= 0.3 is 0 Å². The summed E-state index contributed by atoms with van der Waals surface area (Å²) in [5.74, 6) is 1.55. The molecule has 0 saturated carbocycles. The second-order valence-corrected chi connectivity index (χ2v) is 4.54. The number of ether oxygens (including phenoxy) is 1. The van der Waals surface area contributed by atoms with Crippen molar-refractivity contribution >= 4 is 40.6 Å². The van der Waals surface area contributed by atoms with Gasteiger partial charge in [0.15, 0.2) is 5.75 Å². The summed E-state index contributed by atoms with van der Waals surface area (Å²) in [6, 6.07) is 11.4. The highest BCUT2D eigenvalue weighted by Gasteiger charge is 2.15. The fourth-order valence-corrected chi connectivity index (χ4v) is 2.01. The molecule has 2 radical (unpaired) electrons. The van der Waals surface area contributed by atoms with Crippen molar-refractivity contribution in [2.45, 2.75) is 0 Å². The first-order valence-corrected chi connectivity index (χ1v) is 5.65. The SMILES string of the molecule is [B]c1ccc2c(c1)Oc1cc(Br)ccc1N2. The Kier molecular flexibility index (Phi) is 2.18. The Labute approximate surface area is 103 Å². The van der Waals surface area contributed by atoms with E-state index in [9.17, 15) is 0 Å². The predicted octanol–water partition coefficient (Wildman–Crippen LogP) is 3.09. The van der Waals surface area contributed by atoms with Gasteiger partial charge in [0.1, 0.15) is 13.6 Å². The number of hydrogen-bond donors (Lipinski definition) is 1. The van der Waals surface area contributed by atoms with E-state index in [1.165, 1.54) is 0 Å². The van der Waals surface area contributed by atoms with Crippen molar-refractivity contribution < 1.29 is 4.74 Å². The summed E-state index contributed by atoms with van der Waals surface area (Å²) in [7, 11) is 5.71. The monoisotopic (exact) mass is 271 g/mol. The minimum absolute atomic E-state index is 0.694. The minimum Gasteiger partial charge on any atom is -0.453 e. The van der Waals surface area contributed by atoms with Crippen molar-refractivity contribution in [3.63, 3.8) is 0 Å². The van der Waals surface area contributed by atoms with Crippen LogP contribution in [0.3, 0.4) is 0 Å². The van der Waals surface area contributed by atoms with Crippen molar-refractivity contribution in [1.82, 2.24) is 0 Å². The zero-order chi connectivity index (χ0) is 11.1. The molecular formula is C12H7BBrNO. The standard InChI is InChI=1S/C12H7BBrNO/c13-7-1-3-9-11(5-7)16-12-6-8(14)2-4-10(12)15-9/h1-6,15H. The van der Waals surface area contributed by atoms with Crippen LogP contribution < -0.4 is 15.5 Å². The van der Waals surface area contributed by atoms with Crippen molar-refractivity contribution in [1.29, 1.82) is 0 Å². The van der Waals surface area contributed by atoms with Gasteiger partial charge in [-0.05, 0) is 30.3 Å². The highest BCUT2D eigenvalue weighted by molar-refractivity contribution is 9.10. The van der Waals surface area contributed by atoms with E-state index in [1.807, 2.05) is 36.4 Å². The highest BCUT2D eigenvalue weighted by atomic mass is 79.9. The molecule has 0 bridgehead atoms. The molecule has 1 N–H and O–H groups in total. The van der Waals surface area contributed by atoms with Crippen LogP contribution in [-0.2, 0) is 0 Å². The zero-order valence-electron chi connectivity index (χ0n) is 8.33. The third-order valence-corrected chi connectivity index (χ3v) is 2.93. The molecule has 16 heavy (non-hydrogen) atoms. The Morgan fingerprint density at radius 1 is 1.00 bits per heavy atom. The van der Waals surface area contributed by atoms with E-state index in [4.69, 9.17) is 12.6 Å². The molecule has 0 atom stereocenters. The molecule has 1 heterocycles. The molecule has 0 aliphatic carbocycles. The summed E-state index contributed by atoms with van der Waals surface area (Å²) < 4.78 is 6.75. The largest absolute Gasteiger partial charge is 0.453 e. The molecule has 0 spiro atoms. The van der Waals surface area contributed by atoms with Crippen LogP contribution >= 0.6 is 15.9 Å². The van der Waals surface area contributed by atoms with Crippen LogP contribution in [0, 0.1) is 0 Å². The molecule has 1 aliphatic heterocycles. The van der Waals surface area contributed by atoms with E-state index in [2.05, 4.69) is 21.2 Å². The van der Waals surface area contributed by atoms with Crippen molar-refractivity contribution in [3.8, 4) is 11.5 Å². The van der Waals surface area contributed by atoms with Crippen molar-refractivity contribution in [2.24, 2.45) is 0 Å². The van der Waals surface area contributed by atoms with E-state index < -0.39 is 0 Å². The number of fused-ring (bicyclic) bond motifs is 2. The van der Waals surface area contributed by atoms with Gasteiger partial charge in [0.2, 0.25) is 0 Å². The summed E-state index contributed by atoms with van der Waals surface area (Å²) in [6.07, 6.45) is 0. The fourth-order valence-electron chi connectivity index (χ4n) is 1.67. The van der Waals surface area contributed by atoms with Gasteiger partial charge < -0.3 is 10.1 Å². The van der Waals surface area contributed by atoms with E-state index in [0.29, 0.717) is 5.46 Å². The predicted molar refractivity (Wildman–Crippen MR) is 69.3 cm³/mol.